The van der Waals surface area contributed by atoms with Gasteiger partial charge in [0.25, 0.3) is 0 Å². The molecule has 3 aromatic rings. The summed E-state index contributed by atoms with van der Waals surface area (Å²) in [6, 6.07) is 17.1. The SMILES string of the molecule is O=C(Cc1ccc(Br)cc1)Nc1ccc(-c2ccccc2F)nn1. The van der Waals surface area contributed by atoms with Crippen molar-refractivity contribution >= 4 is 27.7 Å². The van der Waals surface area contributed by atoms with Crippen LogP contribution in [0.4, 0.5) is 10.2 Å². The van der Waals surface area contributed by atoms with Crippen molar-refractivity contribution in [2.45, 2.75) is 6.42 Å². The van der Waals surface area contributed by atoms with E-state index < -0.39 is 0 Å². The molecule has 0 aliphatic carbocycles. The maximum absolute atomic E-state index is 13.7. The van der Waals surface area contributed by atoms with E-state index in [0.29, 0.717) is 17.1 Å². The van der Waals surface area contributed by atoms with Crippen LogP contribution in [0.5, 0.6) is 0 Å². The Morgan fingerprint density at radius 3 is 2.42 bits per heavy atom. The van der Waals surface area contributed by atoms with Crippen LogP contribution in [-0.4, -0.2) is 16.1 Å². The number of aromatic nitrogens is 2. The predicted molar refractivity (Wildman–Crippen MR) is 93.9 cm³/mol. The first-order valence-corrected chi connectivity index (χ1v) is 8.04. The molecule has 0 radical (unpaired) electrons. The van der Waals surface area contributed by atoms with Crippen LogP contribution >= 0.6 is 15.9 Å². The first-order valence-electron chi connectivity index (χ1n) is 7.25. The molecule has 0 spiro atoms. The molecule has 0 saturated carbocycles. The number of halogens is 2. The molecule has 0 atom stereocenters. The van der Waals surface area contributed by atoms with E-state index in [1.807, 2.05) is 24.3 Å². The lowest BCUT2D eigenvalue weighted by molar-refractivity contribution is -0.115. The Morgan fingerprint density at radius 2 is 1.75 bits per heavy atom. The Bertz CT molecular complexity index is 851. The van der Waals surface area contributed by atoms with E-state index in [9.17, 15) is 9.18 Å². The largest absolute Gasteiger partial charge is 0.309 e. The zero-order valence-corrected chi connectivity index (χ0v) is 14.1. The van der Waals surface area contributed by atoms with E-state index in [0.717, 1.165) is 10.0 Å². The van der Waals surface area contributed by atoms with E-state index >= 15 is 0 Å². The van der Waals surface area contributed by atoms with Gasteiger partial charge < -0.3 is 5.32 Å². The van der Waals surface area contributed by atoms with Crippen molar-refractivity contribution in [2.24, 2.45) is 0 Å². The van der Waals surface area contributed by atoms with Crippen molar-refractivity contribution in [1.82, 2.24) is 10.2 Å². The summed E-state index contributed by atoms with van der Waals surface area (Å²) < 4.78 is 14.7. The smallest absolute Gasteiger partial charge is 0.229 e. The lowest BCUT2D eigenvalue weighted by Crippen LogP contribution is -2.15. The van der Waals surface area contributed by atoms with Gasteiger partial charge in [-0.2, -0.15) is 0 Å². The molecule has 3 rings (SSSR count). The molecule has 1 N–H and O–H groups in total. The van der Waals surface area contributed by atoms with Crippen LogP contribution in [0, 0.1) is 5.82 Å². The minimum Gasteiger partial charge on any atom is -0.309 e. The Labute approximate surface area is 146 Å². The third-order valence-electron chi connectivity index (χ3n) is 3.36. The maximum atomic E-state index is 13.7. The number of nitrogens with zero attached hydrogens (tertiary/aromatic N) is 2. The third kappa shape index (κ3) is 4.02. The molecular formula is C18H13BrFN3O. The topological polar surface area (TPSA) is 54.9 Å². The van der Waals surface area contributed by atoms with Crippen LogP contribution in [0.1, 0.15) is 5.56 Å². The summed E-state index contributed by atoms with van der Waals surface area (Å²) in [5.41, 5.74) is 1.68. The molecule has 2 aromatic carbocycles. The number of hydrogen-bond acceptors (Lipinski definition) is 3. The molecule has 4 nitrogen and oxygen atoms in total. The Morgan fingerprint density at radius 1 is 1.00 bits per heavy atom. The summed E-state index contributed by atoms with van der Waals surface area (Å²) in [6.45, 7) is 0. The van der Waals surface area contributed by atoms with Gasteiger partial charge in [-0.15, -0.1) is 10.2 Å². The molecule has 1 aromatic heterocycles. The van der Waals surface area contributed by atoms with Gasteiger partial charge in [0.2, 0.25) is 5.91 Å². The van der Waals surface area contributed by atoms with Gasteiger partial charge in [-0.1, -0.05) is 40.2 Å². The van der Waals surface area contributed by atoms with Crippen molar-refractivity contribution in [3.05, 3.63) is 76.5 Å². The predicted octanol–water partition coefficient (Wildman–Crippen LogP) is 4.23. The van der Waals surface area contributed by atoms with Crippen molar-refractivity contribution in [2.75, 3.05) is 5.32 Å². The molecule has 0 saturated heterocycles. The number of nitrogens with one attached hydrogen (secondary N) is 1. The van der Waals surface area contributed by atoms with Gasteiger partial charge in [0.1, 0.15) is 5.82 Å². The summed E-state index contributed by atoms with van der Waals surface area (Å²) in [7, 11) is 0. The lowest BCUT2D eigenvalue weighted by Gasteiger charge is -2.06. The molecule has 0 bridgehead atoms. The summed E-state index contributed by atoms with van der Waals surface area (Å²) in [5, 5.41) is 10.6. The maximum Gasteiger partial charge on any atom is 0.229 e. The van der Waals surface area contributed by atoms with E-state index in [4.69, 9.17) is 0 Å². The van der Waals surface area contributed by atoms with Crippen LogP contribution < -0.4 is 5.32 Å². The van der Waals surface area contributed by atoms with E-state index in [1.54, 1.807) is 30.3 Å². The summed E-state index contributed by atoms with van der Waals surface area (Å²) >= 11 is 3.35. The Hall–Kier alpha value is -2.60. The molecular weight excluding hydrogens is 373 g/mol. The zero-order chi connectivity index (χ0) is 16.9. The third-order valence-corrected chi connectivity index (χ3v) is 3.89. The van der Waals surface area contributed by atoms with Crippen LogP contribution in [0.25, 0.3) is 11.3 Å². The van der Waals surface area contributed by atoms with Crippen molar-refractivity contribution < 1.29 is 9.18 Å². The number of amides is 1. The highest BCUT2D eigenvalue weighted by molar-refractivity contribution is 9.10. The Kier molecular flexibility index (Phi) is 4.96. The van der Waals surface area contributed by atoms with E-state index in [-0.39, 0.29) is 18.1 Å². The van der Waals surface area contributed by atoms with Crippen LogP contribution in [0.3, 0.4) is 0 Å². The number of carbonyl (C=O) groups excluding carboxylic acids is 1. The number of anilines is 1. The quantitative estimate of drug-likeness (QED) is 0.730. The molecule has 120 valence electrons. The molecule has 0 fully saturated rings. The normalized spacial score (nSPS) is 10.4. The molecule has 0 aliphatic heterocycles. The van der Waals surface area contributed by atoms with E-state index in [1.165, 1.54) is 6.07 Å². The van der Waals surface area contributed by atoms with Crippen molar-refractivity contribution in [3.8, 4) is 11.3 Å². The number of rotatable bonds is 4. The number of hydrogen-bond donors (Lipinski definition) is 1. The standard InChI is InChI=1S/C18H13BrFN3O/c19-13-7-5-12(6-8-13)11-18(24)21-17-10-9-16(22-23-17)14-3-1-2-4-15(14)20/h1-10H,11H2,(H,21,23,24). The van der Waals surface area contributed by atoms with Gasteiger partial charge in [0, 0.05) is 10.0 Å². The van der Waals surface area contributed by atoms with E-state index in [2.05, 4.69) is 31.4 Å². The summed E-state index contributed by atoms with van der Waals surface area (Å²) in [5.74, 6) is -0.221. The van der Waals surface area contributed by atoms with Crippen LogP contribution in [0.15, 0.2) is 65.1 Å². The second-order valence-electron chi connectivity index (χ2n) is 5.14. The summed E-state index contributed by atoms with van der Waals surface area (Å²) in [6.07, 6.45) is 0.240. The monoisotopic (exact) mass is 385 g/mol. The first-order chi connectivity index (χ1) is 11.6. The van der Waals surface area contributed by atoms with Crippen LogP contribution in [0.2, 0.25) is 0 Å². The first kappa shape index (κ1) is 16.3. The van der Waals surface area contributed by atoms with Crippen molar-refractivity contribution in [3.63, 3.8) is 0 Å². The molecule has 0 aliphatic rings. The highest BCUT2D eigenvalue weighted by atomic mass is 79.9. The Balaban J connectivity index is 1.67. The zero-order valence-electron chi connectivity index (χ0n) is 12.5. The van der Waals surface area contributed by atoms with Gasteiger partial charge in [0.15, 0.2) is 5.82 Å². The lowest BCUT2D eigenvalue weighted by atomic mass is 10.1. The molecule has 1 heterocycles. The highest BCUT2D eigenvalue weighted by Gasteiger charge is 2.08. The fourth-order valence-corrected chi connectivity index (χ4v) is 2.45. The fraction of sp³-hybridized carbons (Fsp3) is 0.0556. The average molecular weight is 386 g/mol. The molecule has 6 heteroatoms. The van der Waals surface area contributed by atoms with Crippen LogP contribution in [-0.2, 0) is 11.2 Å². The van der Waals surface area contributed by atoms with Gasteiger partial charge in [-0.25, -0.2) is 4.39 Å². The van der Waals surface area contributed by atoms with Gasteiger partial charge in [-0.05, 0) is 42.0 Å². The second-order valence-corrected chi connectivity index (χ2v) is 6.05. The number of benzene rings is 2. The minimum absolute atomic E-state index is 0.190. The van der Waals surface area contributed by atoms with Gasteiger partial charge in [-0.3, -0.25) is 4.79 Å². The second kappa shape index (κ2) is 7.31. The average Bonchev–Trinajstić information content (AvgIpc) is 2.58. The summed E-state index contributed by atoms with van der Waals surface area (Å²) in [4.78, 5) is 12.0. The molecule has 0 unspecified atom stereocenters. The van der Waals surface area contributed by atoms with Crippen molar-refractivity contribution in [1.29, 1.82) is 0 Å². The van der Waals surface area contributed by atoms with Gasteiger partial charge in [0.05, 0.1) is 12.1 Å². The molecule has 24 heavy (non-hydrogen) atoms. The molecule has 1 amide bonds. The fourth-order valence-electron chi connectivity index (χ4n) is 2.19. The number of carbonyl (C=O) groups is 1. The van der Waals surface area contributed by atoms with Gasteiger partial charge >= 0.3 is 0 Å². The highest BCUT2D eigenvalue weighted by Crippen LogP contribution is 2.20. The minimum atomic E-state index is -0.362.